The lowest BCUT2D eigenvalue weighted by molar-refractivity contribution is -0.133. The van der Waals surface area contributed by atoms with Crippen LogP contribution in [-0.2, 0) is 17.0 Å². The van der Waals surface area contributed by atoms with Crippen LogP contribution < -0.4 is 10.5 Å². The molecule has 3 aromatic rings. The summed E-state index contributed by atoms with van der Waals surface area (Å²) in [5.41, 5.74) is 3.75. The Balaban J connectivity index is 1.89. The van der Waals surface area contributed by atoms with Gasteiger partial charge in [0, 0.05) is 17.8 Å². The summed E-state index contributed by atoms with van der Waals surface area (Å²) < 4.78 is 20.2. The Labute approximate surface area is 149 Å². The molecule has 1 heterocycles. The number of aromatic nitrogens is 1. The van der Waals surface area contributed by atoms with E-state index in [0.29, 0.717) is 5.69 Å². The number of carbonyl (C=O) groups is 1. The Morgan fingerprint density at radius 2 is 1.85 bits per heavy atom. The zero-order chi connectivity index (χ0) is 18.6. The van der Waals surface area contributed by atoms with Crippen LogP contribution in [0.25, 0.3) is 0 Å². The minimum atomic E-state index is -2.27. The zero-order valence-corrected chi connectivity index (χ0v) is 13.8. The molecule has 3 rings (SSSR count). The van der Waals surface area contributed by atoms with Crippen molar-refractivity contribution in [3.8, 4) is 5.75 Å². The maximum atomic E-state index is 14.7. The van der Waals surface area contributed by atoms with Crippen molar-refractivity contribution in [2.75, 3.05) is 0 Å². The van der Waals surface area contributed by atoms with E-state index in [1.165, 1.54) is 24.3 Å². The fourth-order valence-electron chi connectivity index (χ4n) is 2.63. The van der Waals surface area contributed by atoms with E-state index in [1.807, 2.05) is 6.07 Å². The summed E-state index contributed by atoms with van der Waals surface area (Å²) in [6.07, 6.45) is 1.63. The van der Waals surface area contributed by atoms with Crippen molar-refractivity contribution >= 4 is 5.91 Å². The summed E-state index contributed by atoms with van der Waals surface area (Å²) in [7, 11) is 0. The van der Waals surface area contributed by atoms with E-state index in [-0.39, 0.29) is 23.5 Å². The van der Waals surface area contributed by atoms with Gasteiger partial charge in [-0.05, 0) is 29.8 Å². The molecule has 1 unspecified atom stereocenters. The average Bonchev–Trinajstić information content (AvgIpc) is 2.67. The SMILES string of the molecule is NC(=O)C(O)(c1ccccc1)c1ccc(OCc2ccccn2)cc1F. The molecule has 0 aliphatic rings. The van der Waals surface area contributed by atoms with Crippen LogP contribution in [0.2, 0.25) is 0 Å². The number of amides is 1. The van der Waals surface area contributed by atoms with Gasteiger partial charge in [-0.3, -0.25) is 9.78 Å². The highest BCUT2D eigenvalue weighted by Gasteiger charge is 2.40. The van der Waals surface area contributed by atoms with Gasteiger partial charge in [-0.1, -0.05) is 36.4 Å². The Bertz CT molecular complexity index is 903. The van der Waals surface area contributed by atoms with E-state index in [4.69, 9.17) is 10.5 Å². The molecule has 0 spiro atoms. The highest BCUT2D eigenvalue weighted by molar-refractivity contribution is 5.88. The zero-order valence-electron chi connectivity index (χ0n) is 13.8. The first-order valence-electron chi connectivity index (χ1n) is 7.92. The largest absolute Gasteiger partial charge is 0.487 e. The molecule has 0 saturated heterocycles. The van der Waals surface area contributed by atoms with Gasteiger partial charge < -0.3 is 15.6 Å². The maximum absolute atomic E-state index is 14.7. The van der Waals surface area contributed by atoms with Crippen LogP contribution in [0.3, 0.4) is 0 Å². The van der Waals surface area contributed by atoms with Crippen molar-refractivity contribution in [2.24, 2.45) is 5.73 Å². The number of primary amides is 1. The minimum absolute atomic E-state index is 0.165. The molecule has 0 fully saturated rings. The number of hydrogen-bond acceptors (Lipinski definition) is 4. The molecule has 0 aliphatic heterocycles. The fourth-order valence-corrected chi connectivity index (χ4v) is 2.63. The van der Waals surface area contributed by atoms with Crippen LogP contribution in [0.1, 0.15) is 16.8 Å². The van der Waals surface area contributed by atoms with Crippen molar-refractivity contribution in [1.29, 1.82) is 0 Å². The molecule has 3 N–H and O–H groups in total. The number of halogens is 1. The molecule has 26 heavy (non-hydrogen) atoms. The molecule has 1 atom stereocenters. The van der Waals surface area contributed by atoms with Gasteiger partial charge >= 0.3 is 0 Å². The van der Waals surface area contributed by atoms with Crippen molar-refractivity contribution in [3.05, 3.63) is 95.6 Å². The average molecular weight is 352 g/mol. The van der Waals surface area contributed by atoms with Gasteiger partial charge in [0.25, 0.3) is 5.91 Å². The summed E-state index contributed by atoms with van der Waals surface area (Å²) in [6.45, 7) is 0.165. The van der Waals surface area contributed by atoms with Crippen LogP contribution in [0.4, 0.5) is 4.39 Å². The third-order valence-electron chi connectivity index (χ3n) is 3.99. The molecular weight excluding hydrogens is 335 g/mol. The third kappa shape index (κ3) is 3.41. The molecule has 0 aliphatic carbocycles. The summed E-state index contributed by atoms with van der Waals surface area (Å²) in [6, 6.07) is 17.3. The lowest BCUT2D eigenvalue weighted by Crippen LogP contribution is -2.42. The van der Waals surface area contributed by atoms with Crippen molar-refractivity contribution in [1.82, 2.24) is 4.98 Å². The van der Waals surface area contributed by atoms with Crippen molar-refractivity contribution < 1.29 is 19.0 Å². The topological polar surface area (TPSA) is 85.4 Å². The van der Waals surface area contributed by atoms with Gasteiger partial charge in [0.15, 0.2) is 5.60 Å². The second-order valence-corrected chi connectivity index (χ2v) is 5.69. The molecule has 0 radical (unpaired) electrons. The summed E-state index contributed by atoms with van der Waals surface area (Å²) in [4.78, 5) is 16.1. The van der Waals surface area contributed by atoms with Gasteiger partial charge in [0.2, 0.25) is 0 Å². The van der Waals surface area contributed by atoms with Gasteiger partial charge in [0.05, 0.1) is 5.69 Å². The van der Waals surface area contributed by atoms with E-state index in [1.54, 1.807) is 36.5 Å². The number of benzene rings is 2. The van der Waals surface area contributed by atoms with Gasteiger partial charge in [-0.15, -0.1) is 0 Å². The number of ether oxygens (including phenoxy) is 1. The van der Waals surface area contributed by atoms with Gasteiger partial charge in [-0.2, -0.15) is 0 Å². The molecule has 2 aromatic carbocycles. The number of aliphatic hydroxyl groups is 1. The first-order chi connectivity index (χ1) is 12.5. The molecular formula is C20H17FN2O3. The highest BCUT2D eigenvalue weighted by atomic mass is 19.1. The first kappa shape index (κ1) is 17.6. The highest BCUT2D eigenvalue weighted by Crippen LogP contribution is 2.33. The Morgan fingerprint density at radius 1 is 1.12 bits per heavy atom. The number of carbonyl (C=O) groups excluding carboxylic acids is 1. The summed E-state index contributed by atoms with van der Waals surface area (Å²) in [5.74, 6) is -1.62. The molecule has 132 valence electrons. The number of rotatable bonds is 6. The molecule has 6 heteroatoms. The second-order valence-electron chi connectivity index (χ2n) is 5.69. The molecule has 1 aromatic heterocycles. The van der Waals surface area contributed by atoms with Gasteiger partial charge in [-0.25, -0.2) is 4.39 Å². The molecule has 0 bridgehead atoms. The predicted molar refractivity (Wildman–Crippen MR) is 93.6 cm³/mol. The number of nitrogens with two attached hydrogens (primary N) is 1. The smallest absolute Gasteiger partial charge is 0.258 e. The number of hydrogen-bond donors (Lipinski definition) is 2. The second kappa shape index (κ2) is 7.33. The van der Waals surface area contributed by atoms with Crippen LogP contribution in [0.15, 0.2) is 72.9 Å². The molecule has 5 nitrogen and oxygen atoms in total. The third-order valence-corrected chi connectivity index (χ3v) is 3.99. The normalized spacial score (nSPS) is 13.0. The van der Waals surface area contributed by atoms with Gasteiger partial charge in [0.1, 0.15) is 18.2 Å². The minimum Gasteiger partial charge on any atom is -0.487 e. The predicted octanol–water partition coefficient (Wildman–Crippen LogP) is 2.52. The van der Waals surface area contributed by atoms with Crippen molar-refractivity contribution in [2.45, 2.75) is 12.2 Å². The molecule has 1 amide bonds. The Morgan fingerprint density at radius 3 is 2.46 bits per heavy atom. The summed E-state index contributed by atoms with van der Waals surface area (Å²) >= 11 is 0. The Hall–Kier alpha value is -3.25. The van der Waals surface area contributed by atoms with E-state index in [0.717, 1.165) is 6.07 Å². The quantitative estimate of drug-likeness (QED) is 0.714. The van der Waals surface area contributed by atoms with E-state index in [9.17, 15) is 14.3 Å². The van der Waals surface area contributed by atoms with E-state index >= 15 is 0 Å². The van der Waals surface area contributed by atoms with Crippen LogP contribution in [0, 0.1) is 5.82 Å². The van der Waals surface area contributed by atoms with E-state index < -0.39 is 17.3 Å². The molecule has 0 saturated carbocycles. The van der Waals surface area contributed by atoms with Crippen LogP contribution in [0.5, 0.6) is 5.75 Å². The lowest BCUT2D eigenvalue weighted by atomic mass is 9.85. The monoisotopic (exact) mass is 352 g/mol. The standard InChI is InChI=1S/C20H17FN2O3/c21-18-12-16(26-13-15-8-4-5-11-23-15)9-10-17(18)20(25,19(22)24)14-6-2-1-3-7-14/h1-12,25H,13H2,(H2,22,24). The fraction of sp³-hybridized carbons (Fsp3) is 0.100. The van der Waals surface area contributed by atoms with Crippen LogP contribution in [-0.4, -0.2) is 16.0 Å². The van der Waals surface area contributed by atoms with E-state index in [2.05, 4.69) is 4.98 Å². The lowest BCUT2D eigenvalue weighted by Gasteiger charge is -2.26. The summed E-state index contributed by atoms with van der Waals surface area (Å²) in [5, 5.41) is 10.8. The Kier molecular flexibility index (Phi) is 4.95. The first-order valence-corrected chi connectivity index (χ1v) is 7.92. The number of pyridine rings is 1. The number of nitrogens with zero attached hydrogens (tertiary/aromatic N) is 1. The van der Waals surface area contributed by atoms with Crippen molar-refractivity contribution in [3.63, 3.8) is 0 Å². The maximum Gasteiger partial charge on any atom is 0.258 e. The van der Waals surface area contributed by atoms with Crippen LogP contribution >= 0.6 is 0 Å².